The number of alkyl halides is 3. The molecule has 5 N–H and O–H groups in total. The lowest BCUT2D eigenvalue weighted by molar-refractivity contribution is -0.137. The summed E-state index contributed by atoms with van der Waals surface area (Å²) in [5.74, 6) is 0.850. The summed E-state index contributed by atoms with van der Waals surface area (Å²) in [4.78, 5) is 10.6. The van der Waals surface area contributed by atoms with Crippen LogP contribution >= 0.6 is 0 Å². The first-order valence-electron chi connectivity index (χ1n) is 12.6. The molecule has 2 aromatic rings. The van der Waals surface area contributed by atoms with Crippen molar-refractivity contribution in [2.45, 2.75) is 68.9 Å². The number of benzene rings is 1. The minimum Gasteiger partial charge on any atom is -0.377 e. The van der Waals surface area contributed by atoms with Gasteiger partial charge in [-0.15, -0.1) is 0 Å². The van der Waals surface area contributed by atoms with Crippen molar-refractivity contribution >= 4 is 16.7 Å². The molecule has 3 aliphatic rings. The number of aliphatic hydroxyl groups excluding tert-OH is 2. The van der Waals surface area contributed by atoms with Gasteiger partial charge in [-0.1, -0.05) is 6.08 Å². The van der Waals surface area contributed by atoms with Crippen LogP contribution in [0.3, 0.4) is 0 Å². The maximum absolute atomic E-state index is 13.1. The molecule has 0 spiro atoms. The molecule has 3 atom stereocenters. The van der Waals surface area contributed by atoms with Crippen LogP contribution in [0.15, 0.2) is 36.7 Å². The second kappa shape index (κ2) is 10.6. The predicted molar refractivity (Wildman–Crippen MR) is 130 cm³/mol. The zero-order chi connectivity index (χ0) is 25.3. The number of rotatable bonds is 7. The molecule has 11 heteroatoms. The lowest BCUT2D eigenvalue weighted by Crippen LogP contribution is -2.64. The lowest BCUT2D eigenvalue weighted by Gasteiger charge is -2.48. The molecule has 2 aliphatic heterocycles. The van der Waals surface area contributed by atoms with E-state index in [1.165, 1.54) is 12.4 Å². The van der Waals surface area contributed by atoms with Crippen LogP contribution in [0, 0.1) is 5.92 Å². The van der Waals surface area contributed by atoms with Gasteiger partial charge < -0.3 is 15.5 Å². The number of fused-ring (bicyclic) bond motifs is 1. The monoisotopic (exact) mass is 506 g/mol. The van der Waals surface area contributed by atoms with Crippen molar-refractivity contribution in [3.63, 3.8) is 0 Å². The van der Waals surface area contributed by atoms with Crippen LogP contribution in [-0.2, 0) is 6.18 Å². The molecular formula is C25H33F3N6O2. The van der Waals surface area contributed by atoms with Crippen LogP contribution < -0.4 is 16.0 Å². The molecule has 36 heavy (non-hydrogen) atoms. The first kappa shape index (κ1) is 25.3. The van der Waals surface area contributed by atoms with Gasteiger partial charge >= 0.3 is 6.18 Å². The van der Waals surface area contributed by atoms with Crippen molar-refractivity contribution < 1.29 is 23.4 Å². The average molecular weight is 507 g/mol. The Labute approximate surface area is 208 Å². The Morgan fingerprint density at radius 3 is 2.64 bits per heavy atom. The molecule has 1 saturated carbocycles. The Morgan fingerprint density at radius 2 is 1.92 bits per heavy atom. The first-order chi connectivity index (χ1) is 17.3. The molecule has 3 heterocycles. The SMILES string of the molecule is OC1C=CCC(C2CCC(N3CC(NC(O)CNc4ncnc5ccc(C(F)(F)F)cc45)C3)CC2)N1. The van der Waals surface area contributed by atoms with Gasteiger partial charge in [-0.2, -0.15) is 13.2 Å². The summed E-state index contributed by atoms with van der Waals surface area (Å²) >= 11 is 0. The van der Waals surface area contributed by atoms with Crippen molar-refractivity contribution in [1.29, 1.82) is 0 Å². The zero-order valence-electron chi connectivity index (χ0n) is 20.0. The quantitative estimate of drug-likeness (QED) is 0.288. The van der Waals surface area contributed by atoms with Crippen LogP contribution in [0.4, 0.5) is 19.0 Å². The number of aliphatic hydroxyl groups is 2. The van der Waals surface area contributed by atoms with Crippen molar-refractivity contribution in [1.82, 2.24) is 25.5 Å². The van der Waals surface area contributed by atoms with E-state index in [1.807, 2.05) is 0 Å². The Kier molecular flexibility index (Phi) is 7.45. The summed E-state index contributed by atoms with van der Waals surface area (Å²) in [5.41, 5.74) is -0.362. The predicted octanol–water partition coefficient (Wildman–Crippen LogP) is 2.45. The topological polar surface area (TPSA) is 106 Å². The van der Waals surface area contributed by atoms with Crippen molar-refractivity contribution in [3.8, 4) is 0 Å². The number of likely N-dealkylation sites (tertiary alicyclic amines) is 1. The van der Waals surface area contributed by atoms with E-state index in [9.17, 15) is 23.4 Å². The standard InChI is InChI=1S/C25H33F3N6O2/c26-25(27,28)16-6-9-21-19(10-16)24(31-14-30-21)29-11-23(36)32-17-12-34(13-17)18-7-4-15(5-8-18)20-2-1-3-22(35)33-20/h1,3,6,9-10,14-15,17-18,20,22-23,32-33,35-36H,2,4-5,7-8,11-13H2,(H,29,30,31). The van der Waals surface area contributed by atoms with Gasteiger partial charge in [0.1, 0.15) is 24.6 Å². The summed E-state index contributed by atoms with van der Waals surface area (Å²) in [6, 6.07) is 4.42. The third kappa shape index (κ3) is 5.81. The molecule has 196 valence electrons. The molecule has 0 amide bonds. The Hall–Kier alpha value is -2.31. The second-order valence-electron chi connectivity index (χ2n) is 10.1. The van der Waals surface area contributed by atoms with Crippen LogP contribution in [0.25, 0.3) is 10.9 Å². The summed E-state index contributed by atoms with van der Waals surface area (Å²) in [6.45, 7) is 1.83. The fourth-order valence-electron chi connectivity index (χ4n) is 5.71. The fourth-order valence-corrected chi connectivity index (χ4v) is 5.71. The molecule has 2 fully saturated rings. The van der Waals surface area contributed by atoms with E-state index in [0.29, 0.717) is 23.5 Å². The number of nitrogens with one attached hydrogen (secondary N) is 3. The number of hydrogen-bond donors (Lipinski definition) is 5. The van der Waals surface area contributed by atoms with Crippen molar-refractivity contribution in [2.75, 3.05) is 25.0 Å². The molecule has 0 radical (unpaired) electrons. The van der Waals surface area contributed by atoms with Gasteiger partial charge in [0.05, 0.1) is 17.6 Å². The van der Waals surface area contributed by atoms with E-state index in [-0.39, 0.29) is 23.8 Å². The van der Waals surface area contributed by atoms with E-state index in [1.54, 1.807) is 6.08 Å². The van der Waals surface area contributed by atoms with E-state index in [4.69, 9.17) is 0 Å². The lowest BCUT2D eigenvalue weighted by atomic mass is 9.78. The second-order valence-corrected chi connectivity index (χ2v) is 10.1. The molecule has 5 rings (SSSR count). The summed E-state index contributed by atoms with van der Waals surface area (Å²) in [5, 5.41) is 29.9. The van der Waals surface area contributed by atoms with Crippen LogP contribution in [-0.4, -0.2) is 75.3 Å². The minimum atomic E-state index is -4.45. The average Bonchev–Trinajstić information content (AvgIpc) is 2.84. The van der Waals surface area contributed by atoms with Crippen LogP contribution in [0.1, 0.15) is 37.7 Å². The highest BCUT2D eigenvalue weighted by Crippen LogP contribution is 2.34. The zero-order valence-corrected chi connectivity index (χ0v) is 20.0. The minimum absolute atomic E-state index is 0.110. The Balaban J connectivity index is 1.06. The van der Waals surface area contributed by atoms with Gasteiger partial charge in [-0.3, -0.25) is 15.5 Å². The summed E-state index contributed by atoms with van der Waals surface area (Å²) in [7, 11) is 0. The molecular weight excluding hydrogens is 473 g/mol. The summed E-state index contributed by atoms with van der Waals surface area (Å²) < 4.78 is 39.3. The van der Waals surface area contributed by atoms with Crippen LogP contribution in [0.5, 0.6) is 0 Å². The molecule has 1 saturated heterocycles. The molecule has 1 aromatic heterocycles. The third-order valence-electron chi connectivity index (χ3n) is 7.68. The maximum atomic E-state index is 13.1. The van der Waals surface area contributed by atoms with Gasteiger partial charge in [-0.05, 0) is 62.3 Å². The van der Waals surface area contributed by atoms with Gasteiger partial charge in [0.2, 0.25) is 0 Å². The molecule has 3 unspecified atom stereocenters. The first-order valence-corrected chi connectivity index (χ1v) is 12.6. The van der Waals surface area contributed by atoms with Gasteiger partial charge in [0.25, 0.3) is 0 Å². The number of anilines is 1. The highest BCUT2D eigenvalue weighted by atomic mass is 19.4. The van der Waals surface area contributed by atoms with Gasteiger partial charge in [0, 0.05) is 36.6 Å². The van der Waals surface area contributed by atoms with Gasteiger partial charge in [-0.25, -0.2) is 9.97 Å². The van der Waals surface area contributed by atoms with E-state index >= 15 is 0 Å². The number of hydrogen-bond acceptors (Lipinski definition) is 8. The number of nitrogens with zero attached hydrogens (tertiary/aromatic N) is 3. The van der Waals surface area contributed by atoms with Crippen LogP contribution in [0.2, 0.25) is 0 Å². The Bertz CT molecular complexity index is 1070. The number of halogens is 3. The molecule has 1 aromatic carbocycles. The maximum Gasteiger partial charge on any atom is 0.416 e. The number of aromatic nitrogens is 2. The summed E-state index contributed by atoms with van der Waals surface area (Å²) in [6.07, 6.45) is 4.86. The highest BCUT2D eigenvalue weighted by Gasteiger charge is 2.37. The van der Waals surface area contributed by atoms with Crippen molar-refractivity contribution in [2.24, 2.45) is 5.92 Å². The smallest absolute Gasteiger partial charge is 0.377 e. The Morgan fingerprint density at radius 1 is 1.14 bits per heavy atom. The largest absolute Gasteiger partial charge is 0.416 e. The molecule has 0 bridgehead atoms. The van der Waals surface area contributed by atoms with E-state index in [0.717, 1.165) is 57.3 Å². The molecule has 8 nitrogen and oxygen atoms in total. The van der Waals surface area contributed by atoms with E-state index < -0.39 is 24.2 Å². The fraction of sp³-hybridized carbons (Fsp3) is 0.600. The highest BCUT2D eigenvalue weighted by molar-refractivity contribution is 5.89. The van der Waals surface area contributed by atoms with E-state index in [2.05, 4.69) is 36.9 Å². The van der Waals surface area contributed by atoms with Gasteiger partial charge in [0.15, 0.2) is 0 Å². The normalized spacial score (nSPS) is 28.7. The molecule has 1 aliphatic carbocycles. The third-order valence-corrected chi connectivity index (χ3v) is 7.68. The van der Waals surface area contributed by atoms with Crippen molar-refractivity contribution in [3.05, 3.63) is 42.2 Å².